The van der Waals surface area contributed by atoms with Gasteiger partial charge in [-0.2, -0.15) is 0 Å². The third-order valence-electron chi connectivity index (χ3n) is 4.72. The molecule has 7 heteroatoms. The Kier molecular flexibility index (Phi) is 3.71. The van der Waals surface area contributed by atoms with Crippen molar-refractivity contribution in [2.24, 2.45) is 0 Å². The van der Waals surface area contributed by atoms with E-state index in [4.69, 9.17) is 9.15 Å². The van der Waals surface area contributed by atoms with Gasteiger partial charge in [0.2, 0.25) is 0 Å². The van der Waals surface area contributed by atoms with Crippen LogP contribution in [0.4, 0.5) is 0 Å². The minimum atomic E-state index is -0.0446. The van der Waals surface area contributed by atoms with E-state index in [0.717, 1.165) is 30.0 Å². The normalized spacial score (nSPS) is 14.0. The summed E-state index contributed by atoms with van der Waals surface area (Å²) in [4.78, 5) is 15.0. The second-order valence-electron chi connectivity index (χ2n) is 6.16. The maximum Gasteiger partial charge on any atom is 0.258 e. The van der Waals surface area contributed by atoms with E-state index in [9.17, 15) is 4.79 Å². The number of hydrogen-bond donors (Lipinski definition) is 0. The first-order chi connectivity index (χ1) is 12.1. The van der Waals surface area contributed by atoms with E-state index in [1.807, 2.05) is 25.1 Å². The summed E-state index contributed by atoms with van der Waals surface area (Å²) in [6.45, 7) is 5.69. The van der Waals surface area contributed by atoms with E-state index in [-0.39, 0.29) is 5.91 Å². The van der Waals surface area contributed by atoms with Crippen molar-refractivity contribution in [1.29, 1.82) is 0 Å². The van der Waals surface area contributed by atoms with Crippen LogP contribution in [0.2, 0.25) is 0 Å². The van der Waals surface area contributed by atoms with Crippen molar-refractivity contribution in [2.75, 3.05) is 13.7 Å². The van der Waals surface area contributed by atoms with Crippen molar-refractivity contribution in [3.63, 3.8) is 0 Å². The standard InChI is InChI=1S/C18H20N4O3/c1-4-15-19-20-16-10-21(7-8-22(15)16)18(23)17-11(2)25-14-6-5-12(24-3)9-13(14)17/h5-6,9H,4,7-8,10H2,1-3H3. The first-order valence-corrected chi connectivity index (χ1v) is 8.39. The summed E-state index contributed by atoms with van der Waals surface area (Å²) in [6.07, 6.45) is 0.840. The number of carbonyl (C=O) groups excluding carboxylic acids is 1. The molecule has 1 aromatic carbocycles. The Morgan fingerprint density at radius 2 is 2.16 bits per heavy atom. The number of aromatic nitrogens is 3. The fourth-order valence-corrected chi connectivity index (χ4v) is 3.40. The number of fused-ring (bicyclic) bond motifs is 2. The Hall–Kier alpha value is -2.83. The highest BCUT2D eigenvalue weighted by molar-refractivity contribution is 6.07. The number of hydrogen-bond acceptors (Lipinski definition) is 5. The van der Waals surface area contributed by atoms with Gasteiger partial charge < -0.3 is 18.6 Å². The van der Waals surface area contributed by atoms with Crippen LogP contribution in [0.1, 0.15) is 34.7 Å². The smallest absolute Gasteiger partial charge is 0.258 e. The number of aryl methyl sites for hydroxylation is 2. The Bertz CT molecular complexity index is 957. The molecule has 0 bridgehead atoms. The van der Waals surface area contributed by atoms with Crippen LogP contribution in [0.5, 0.6) is 5.75 Å². The molecule has 1 amide bonds. The average molecular weight is 340 g/mol. The average Bonchev–Trinajstić information content (AvgIpc) is 3.19. The van der Waals surface area contributed by atoms with Gasteiger partial charge >= 0.3 is 0 Å². The molecule has 0 atom stereocenters. The van der Waals surface area contributed by atoms with Crippen LogP contribution in [-0.2, 0) is 19.5 Å². The number of furan rings is 1. The maximum atomic E-state index is 13.1. The van der Waals surface area contributed by atoms with Gasteiger partial charge in [0.25, 0.3) is 5.91 Å². The number of methoxy groups -OCH3 is 1. The number of ether oxygens (including phenoxy) is 1. The second-order valence-corrected chi connectivity index (χ2v) is 6.16. The van der Waals surface area contributed by atoms with Crippen LogP contribution < -0.4 is 4.74 Å². The van der Waals surface area contributed by atoms with Crippen LogP contribution >= 0.6 is 0 Å². The highest BCUT2D eigenvalue weighted by atomic mass is 16.5. The summed E-state index contributed by atoms with van der Waals surface area (Å²) in [5, 5.41) is 9.21. The van der Waals surface area contributed by atoms with Crippen molar-refractivity contribution in [1.82, 2.24) is 19.7 Å². The second kappa shape index (κ2) is 5.91. The van der Waals surface area contributed by atoms with Crippen LogP contribution in [0, 0.1) is 6.92 Å². The molecule has 0 spiro atoms. The molecular formula is C18H20N4O3. The summed E-state index contributed by atoms with van der Waals surface area (Å²) < 4.78 is 13.2. The van der Waals surface area contributed by atoms with E-state index in [1.165, 1.54) is 0 Å². The van der Waals surface area contributed by atoms with E-state index < -0.39 is 0 Å². The van der Waals surface area contributed by atoms with Crippen molar-refractivity contribution < 1.29 is 13.9 Å². The lowest BCUT2D eigenvalue weighted by molar-refractivity contribution is 0.0706. The zero-order valence-electron chi connectivity index (χ0n) is 14.6. The van der Waals surface area contributed by atoms with Crippen LogP contribution in [0.15, 0.2) is 22.6 Å². The molecule has 0 N–H and O–H groups in total. The molecule has 4 rings (SSSR count). The zero-order chi connectivity index (χ0) is 17.6. The topological polar surface area (TPSA) is 73.4 Å². The van der Waals surface area contributed by atoms with Gasteiger partial charge in [-0.1, -0.05) is 6.92 Å². The third-order valence-corrected chi connectivity index (χ3v) is 4.72. The van der Waals surface area contributed by atoms with Crippen molar-refractivity contribution >= 4 is 16.9 Å². The molecule has 0 fully saturated rings. The molecule has 25 heavy (non-hydrogen) atoms. The molecule has 0 unspecified atom stereocenters. The summed E-state index contributed by atoms with van der Waals surface area (Å²) in [6, 6.07) is 5.51. The van der Waals surface area contributed by atoms with Gasteiger partial charge in [0.1, 0.15) is 22.9 Å². The van der Waals surface area contributed by atoms with Gasteiger partial charge in [0, 0.05) is 24.9 Å². The Morgan fingerprint density at radius 1 is 1.32 bits per heavy atom. The number of carbonyl (C=O) groups is 1. The molecular weight excluding hydrogens is 320 g/mol. The lowest BCUT2D eigenvalue weighted by Crippen LogP contribution is -2.39. The maximum absolute atomic E-state index is 13.1. The number of nitrogens with zero attached hydrogens (tertiary/aromatic N) is 4. The fraction of sp³-hybridized carbons (Fsp3) is 0.389. The predicted molar refractivity (Wildman–Crippen MR) is 91.6 cm³/mol. The fourth-order valence-electron chi connectivity index (χ4n) is 3.40. The molecule has 3 aromatic rings. The first-order valence-electron chi connectivity index (χ1n) is 8.39. The Morgan fingerprint density at radius 3 is 2.92 bits per heavy atom. The lowest BCUT2D eigenvalue weighted by Gasteiger charge is -2.27. The highest BCUT2D eigenvalue weighted by Crippen LogP contribution is 2.30. The Balaban J connectivity index is 1.69. The van der Waals surface area contributed by atoms with E-state index in [1.54, 1.807) is 12.0 Å². The first kappa shape index (κ1) is 15.7. The van der Waals surface area contributed by atoms with Gasteiger partial charge in [-0.25, -0.2) is 0 Å². The number of benzene rings is 1. The number of amides is 1. The van der Waals surface area contributed by atoms with Gasteiger partial charge in [-0.3, -0.25) is 4.79 Å². The van der Waals surface area contributed by atoms with Crippen molar-refractivity contribution in [3.05, 3.63) is 41.2 Å². The van der Waals surface area contributed by atoms with Crippen LogP contribution in [-0.4, -0.2) is 39.2 Å². The SMILES string of the molecule is CCc1nnc2n1CCN(C(=O)c1c(C)oc3ccc(OC)cc13)C2. The number of rotatable bonds is 3. The molecule has 2 aromatic heterocycles. The molecule has 0 saturated carbocycles. The summed E-state index contributed by atoms with van der Waals surface area (Å²) >= 11 is 0. The Labute approximate surface area is 145 Å². The van der Waals surface area contributed by atoms with Crippen molar-refractivity contribution in [3.8, 4) is 5.75 Å². The lowest BCUT2D eigenvalue weighted by atomic mass is 10.1. The molecule has 130 valence electrons. The minimum absolute atomic E-state index is 0.0446. The molecule has 0 saturated heterocycles. The van der Waals surface area contributed by atoms with Gasteiger partial charge in [-0.15, -0.1) is 10.2 Å². The van der Waals surface area contributed by atoms with Gasteiger partial charge in [0.05, 0.1) is 19.2 Å². The quantitative estimate of drug-likeness (QED) is 0.733. The highest BCUT2D eigenvalue weighted by Gasteiger charge is 2.28. The molecule has 0 radical (unpaired) electrons. The van der Waals surface area contributed by atoms with E-state index in [2.05, 4.69) is 21.7 Å². The third kappa shape index (κ3) is 2.47. The van der Waals surface area contributed by atoms with Crippen molar-refractivity contribution in [2.45, 2.75) is 33.4 Å². The van der Waals surface area contributed by atoms with E-state index in [0.29, 0.717) is 35.7 Å². The molecule has 1 aliphatic rings. The zero-order valence-corrected chi connectivity index (χ0v) is 14.6. The minimum Gasteiger partial charge on any atom is -0.497 e. The van der Waals surface area contributed by atoms with Crippen LogP contribution in [0.3, 0.4) is 0 Å². The monoisotopic (exact) mass is 340 g/mol. The van der Waals surface area contributed by atoms with Crippen LogP contribution in [0.25, 0.3) is 11.0 Å². The summed E-state index contributed by atoms with van der Waals surface area (Å²) in [5.41, 5.74) is 1.28. The van der Waals surface area contributed by atoms with Gasteiger partial charge in [-0.05, 0) is 25.1 Å². The summed E-state index contributed by atoms with van der Waals surface area (Å²) in [5.74, 6) is 3.08. The molecule has 1 aliphatic heterocycles. The largest absolute Gasteiger partial charge is 0.497 e. The molecule has 7 nitrogen and oxygen atoms in total. The summed E-state index contributed by atoms with van der Waals surface area (Å²) in [7, 11) is 1.61. The van der Waals surface area contributed by atoms with Gasteiger partial charge in [0.15, 0.2) is 5.82 Å². The molecule has 3 heterocycles. The predicted octanol–water partition coefficient (Wildman–Crippen LogP) is 2.56. The van der Waals surface area contributed by atoms with E-state index >= 15 is 0 Å². The molecule has 0 aliphatic carbocycles.